The smallest absolute Gasteiger partial charge is 0.319 e. The number of aryl methyl sites for hydroxylation is 1. The van der Waals surface area contributed by atoms with Crippen molar-refractivity contribution in [1.29, 1.82) is 0 Å². The Morgan fingerprint density at radius 3 is 2.48 bits per heavy atom. The Labute approximate surface area is 169 Å². The minimum absolute atomic E-state index is 0.0445. The number of sulfonamides is 1. The number of nitro benzene ring substituents is 1. The lowest BCUT2D eigenvalue weighted by molar-refractivity contribution is -0.385. The van der Waals surface area contributed by atoms with Crippen LogP contribution in [-0.4, -0.2) is 32.5 Å². The Morgan fingerprint density at radius 1 is 1.14 bits per heavy atom. The standard InChI is InChI=1S/C19H24N4O5S/c1-13(2)17-9-4-6-14(3)18(17)22-19(24)20-10-11-21-29(27,28)16-8-5-7-15(12-16)23(25)26/h4-9,12-13,21H,10-11H2,1-3H3,(H2,20,22,24). The van der Waals surface area contributed by atoms with Gasteiger partial charge in [0.05, 0.1) is 9.82 Å². The number of carbonyl (C=O) groups is 1. The van der Waals surface area contributed by atoms with E-state index in [2.05, 4.69) is 15.4 Å². The number of benzene rings is 2. The summed E-state index contributed by atoms with van der Waals surface area (Å²) in [5.41, 5.74) is 2.35. The molecule has 2 amide bonds. The van der Waals surface area contributed by atoms with Crippen molar-refractivity contribution in [3.8, 4) is 0 Å². The molecule has 0 bridgehead atoms. The second-order valence-electron chi connectivity index (χ2n) is 6.73. The lowest BCUT2D eigenvalue weighted by atomic mass is 9.98. The van der Waals surface area contributed by atoms with E-state index in [-0.39, 0.29) is 29.6 Å². The highest BCUT2D eigenvalue weighted by Gasteiger charge is 2.17. The second kappa shape index (κ2) is 9.48. The van der Waals surface area contributed by atoms with Gasteiger partial charge in [0.2, 0.25) is 10.0 Å². The molecule has 0 aliphatic carbocycles. The molecule has 2 aromatic rings. The fraction of sp³-hybridized carbons (Fsp3) is 0.316. The largest absolute Gasteiger partial charge is 0.337 e. The molecule has 0 unspecified atom stereocenters. The molecule has 156 valence electrons. The van der Waals surface area contributed by atoms with Crippen molar-refractivity contribution in [2.45, 2.75) is 31.6 Å². The van der Waals surface area contributed by atoms with Crippen molar-refractivity contribution < 1.29 is 18.1 Å². The molecule has 0 spiro atoms. The van der Waals surface area contributed by atoms with E-state index in [1.54, 1.807) is 0 Å². The number of non-ortho nitro benzene ring substituents is 1. The topological polar surface area (TPSA) is 130 Å². The maximum absolute atomic E-state index is 12.2. The van der Waals surface area contributed by atoms with E-state index in [0.717, 1.165) is 22.9 Å². The summed E-state index contributed by atoms with van der Waals surface area (Å²) >= 11 is 0. The van der Waals surface area contributed by atoms with Crippen molar-refractivity contribution in [1.82, 2.24) is 10.0 Å². The lowest BCUT2D eigenvalue weighted by Crippen LogP contribution is -2.37. The molecule has 3 N–H and O–H groups in total. The zero-order valence-electron chi connectivity index (χ0n) is 16.4. The van der Waals surface area contributed by atoms with Gasteiger partial charge in [-0.2, -0.15) is 0 Å². The number of hydrogen-bond acceptors (Lipinski definition) is 5. The molecule has 0 saturated carbocycles. The first kappa shape index (κ1) is 22.3. The van der Waals surface area contributed by atoms with Crippen LogP contribution in [0.25, 0.3) is 0 Å². The molecule has 29 heavy (non-hydrogen) atoms. The molecule has 0 fully saturated rings. The van der Waals surface area contributed by atoms with Gasteiger partial charge < -0.3 is 10.6 Å². The number of para-hydroxylation sites is 1. The molecule has 0 aliphatic heterocycles. The van der Waals surface area contributed by atoms with Crippen LogP contribution in [0.2, 0.25) is 0 Å². The highest BCUT2D eigenvalue weighted by molar-refractivity contribution is 7.89. The van der Waals surface area contributed by atoms with Crippen LogP contribution in [0.4, 0.5) is 16.2 Å². The summed E-state index contributed by atoms with van der Waals surface area (Å²) in [6.45, 7) is 5.93. The average molecular weight is 420 g/mol. The highest BCUT2D eigenvalue weighted by atomic mass is 32.2. The number of hydrogen-bond donors (Lipinski definition) is 3. The van der Waals surface area contributed by atoms with Crippen molar-refractivity contribution in [3.63, 3.8) is 0 Å². The monoisotopic (exact) mass is 420 g/mol. The zero-order chi connectivity index (χ0) is 21.6. The van der Waals surface area contributed by atoms with Crippen LogP contribution < -0.4 is 15.4 Å². The van der Waals surface area contributed by atoms with Gasteiger partial charge in [0, 0.05) is 30.9 Å². The van der Waals surface area contributed by atoms with Crippen LogP contribution in [0, 0.1) is 17.0 Å². The summed E-state index contributed by atoms with van der Waals surface area (Å²) in [5, 5.41) is 16.2. The number of nitrogens with one attached hydrogen (secondary N) is 3. The van der Waals surface area contributed by atoms with Gasteiger partial charge in [0.1, 0.15) is 0 Å². The minimum atomic E-state index is -3.92. The Hall–Kier alpha value is -2.98. The van der Waals surface area contributed by atoms with E-state index >= 15 is 0 Å². The summed E-state index contributed by atoms with van der Waals surface area (Å²) in [6, 6.07) is 10.1. The van der Waals surface area contributed by atoms with Crippen LogP contribution in [0.3, 0.4) is 0 Å². The first-order valence-corrected chi connectivity index (χ1v) is 10.5. The molecule has 0 atom stereocenters. The van der Waals surface area contributed by atoms with Gasteiger partial charge in [-0.3, -0.25) is 10.1 Å². The normalized spacial score (nSPS) is 11.3. The average Bonchev–Trinajstić information content (AvgIpc) is 2.66. The van der Waals surface area contributed by atoms with Gasteiger partial charge >= 0.3 is 6.03 Å². The summed E-state index contributed by atoms with van der Waals surface area (Å²) in [7, 11) is -3.92. The Balaban J connectivity index is 1.92. The van der Waals surface area contributed by atoms with Crippen LogP contribution in [0.5, 0.6) is 0 Å². The van der Waals surface area contributed by atoms with Crippen molar-refractivity contribution in [3.05, 3.63) is 63.7 Å². The zero-order valence-corrected chi connectivity index (χ0v) is 17.2. The van der Waals surface area contributed by atoms with E-state index < -0.39 is 21.0 Å². The number of nitrogens with zero attached hydrogens (tertiary/aromatic N) is 1. The summed E-state index contributed by atoms with van der Waals surface area (Å²) < 4.78 is 26.8. The third-order valence-electron chi connectivity index (χ3n) is 4.21. The van der Waals surface area contributed by atoms with Crippen molar-refractivity contribution in [2.75, 3.05) is 18.4 Å². The molecule has 2 aromatic carbocycles. The maximum Gasteiger partial charge on any atom is 0.319 e. The van der Waals surface area contributed by atoms with E-state index in [1.807, 2.05) is 39.0 Å². The number of anilines is 1. The van der Waals surface area contributed by atoms with Crippen LogP contribution >= 0.6 is 0 Å². The van der Waals surface area contributed by atoms with Crippen LogP contribution in [0.15, 0.2) is 47.4 Å². The summed E-state index contributed by atoms with van der Waals surface area (Å²) in [5.74, 6) is 0.229. The molecule has 0 saturated heterocycles. The van der Waals surface area contributed by atoms with E-state index in [9.17, 15) is 23.3 Å². The maximum atomic E-state index is 12.2. The van der Waals surface area contributed by atoms with E-state index in [1.165, 1.54) is 18.2 Å². The fourth-order valence-corrected chi connectivity index (χ4v) is 3.78. The highest BCUT2D eigenvalue weighted by Crippen LogP contribution is 2.27. The quantitative estimate of drug-likeness (QED) is 0.343. The molecule has 0 radical (unpaired) electrons. The molecule has 0 heterocycles. The molecular weight excluding hydrogens is 396 g/mol. The third kappa shape index (κ3) is 6.00. The van der Waals surface area contributed by atoms with Crippen LogP contribution in [-0.2, 0) is 10.0 Å². The molecule has 2 rings (SSSR count). The Bertz CT molecular complexity index is 1010. The van der Waals surface area contributed by atoms with Gasteiger partial charge in [-0.25, -0.2) is 17.9 Å². The fourth-order valence-electron chi connectivity index (χ4n) is 2.71. The summed E-state index contributed by atoms with van der Waals surface area (Å²) in [6.07, 6.45) is 0. The number of amides is 2. The predicted molar refractivity (Wildman–Crippen MR) is 111 cm³/mol. The van der Waals surface area contributed by atoms with Crippen molar-refractivity contribution >= 4 is 27.4 Å². The lowest BCUT2D eigenvalue weighted by Gasteiger charge is -2.17. The Morgan fingerprint density at radius 2 is 1.83 bits per heavy atom. The van der Waals surface area contributed by atoms with Gasteiger partial charge in [-0.05, 0) is 30.0 Å². The molecule has 0 aromatic heterocycles. The van der Waals surface area contributed by atoms with Gasteiger partial charge in [0.15, 0.2) is 0 Å². The SMILES string of the molecule is Cc1cccc(C(C)C)c1NC(=O)NCCNS(=O)(=O)c1cccc([N+](=O)[O-])c1. The number of urea groups is 1. The first-order valence-electron chi connectivity index (χ1n) is 9.00. The molecular formula is C19H24N4O5S. The number of rotatable bonds is 8. The van der Waals surface area contributed by atoms with E-state index in [0.29, 0.717) is 0 Å². The summed E-state index contributed by atoms with van der Waals surface area (Å²) in [4.78, 5) is 22.1. The van der Waals surface area contributed by atoms with E-state index in [4.69, 9.17) is 0 Å². The molecule has 10 heteroatoms. The van der Waals surface area contributed by atoms with Crippen LogP contribution in [0.1, 0.15) is 30.9 Å². The number of carbonyl (C=O) groups excluding carboxylic acids is 1. The minimum Gasteiger partial charge on any atom is -0.337 e. The predicted octanol–water partition coefficient (Wildman–Crippen LogP) is 3.13. The Kier molecular flexibility index (Phi) is 7.29. The first-order chi connectivity index (χ1) is 13.6. The van der Waals surface area contributed by atoms with Gasteiger partial charge in [-0.15, -0.1) is 0 Å². The number of nitro groups is 1. The van der Waals surface area contributed by atoms with Crippen molar-refractivity contribution in [2.24, 2.45) is 0 Å². The van der Waals surface area contributed by atoms with Gasteiger partial charge in [0.25, 0.3) is 5.69 Å². The molecule has 9 nitrogen and oxygen atoms in total. The third-order valence-corrected chi connectivity index (χ3v) is 5.67. The van der Waals surface area contributed by atoms with Gasteiger partial charge in [-0.1, -0.05) is 38.1 Å². The second-order valence-corrected chi connectivity index (χ2v) is 8.49. The molecule has 0 aliphatic rings.